The number of ether oxygens (including phenoxy) is 2. The lowest BCUT2D eigenvalue weighted by atomic mass is 10.2. The van der Waals surface area contributed by atoms with Crippen molar-refractivity contribution >= 4 is 17.3 Å². The summed E-state index contributed by atoms with van der Waals surface area (Å²) in [6.45, 7) is 4.22. The predicted octanol–water partition coefficient (Wildman–Crippen LogP) is 1.81. The van der Waals surface area contributed by atoms with Gasteiger partial charge in [0.05, 0.1) is 11.9 Å². The molecule has 1 fully saturated rings. The molecule has 4 rings (SSSR count). The SMILES string of the molecule is CN1CCN(c2ccc(C(=O)Nc3ccc4c(c3)OCO4)nc2)CC1. The summed E-state index contributed by atoms with van der Waals surface area (Å²) in [5, 5.41) is 2.84. The monoisotopic (exact) mass is 340 g/mol. The molecule has 130 valence electrons. The minimum Gasteiger partial charge on any atom is -0.454 e. The van der Waals surface area contributed by atoms with Crippen LogP contribution in [0.25, 0.3) is 0 Å². The first-order chi connectivity index (χ1) is 12.2. The number of likely N-dealkylation sites (N-methyl/N-ethyl adjacent to an activating group) is 1. The molecule has 2 aliphatic heterocycles. The average molecular weight is 340 g/mol. The fourth-order valence-electron chi connectivity index (χ4n) is 2.94. The molecule has 1 saturated heterocycles. The van der Waals surface area contributed by atoms with Gasteiger partial charge >= 0.3 is 0 Å². The molecule has 0 spiro atoms. The van der Waals surface area contributed by atoms with Crippen molar-refractivity contribution in [3.8, 4) is 11.5 Å². The van der Waals surface area contributed by atoms with E-state index >= 15 is 0 Å². The van der Waals surface area contributed by atoms with Crippen molar-refractivity contribution in [3.05, 3.63) is 42.2 Å². The molecule has 1 aromatic carbocycles. The van der Waals surface area contributed by atoms with E-state index in [1.807, 2.05) is 6.07 Å². The fourth-order valence-corrected chi connectivity index (χ4v) is 2.94. The number of nitrogens with zero attached hydrogens (tertiary/aromatic N) is 3. The van der Waals surface area contributed by atoms with Gasteiger partial charge in [-0.15, -0.1) is 0 Å². The Balaban J connectivity index is 1.42. The van der Waals surface area contributed by atoms with Crippen molar-refractivity contribution in [3.63, 3.8) is 0 Å². The first-order valence-electron chi connectivity index (χ1n) is 8.29. The average Bonchev–Trinajstić information content (AvgIpc) is 3.10. The second-order valence-corrected chi connectivity index (χ2v) is 6.21. The number of piperazine rings is 1. The van der Waals surface area contributed by atoms with Gasteiger partial charge in [0.15, 0.2) is 11.5 Å². The Morgan fingerprint density at radius 2 is 1.88 bits per heavy atom. The zero-order valence-corrected chi connectivity index (χ0v) is 14.1. The van der Waals surface area contributed by atoms with Crippen molar-refractivity contribution in [2.24, 2.45) is 0 Å². The molecule has 7 heteroatoms. The minimum absolute atomic E-state index is 0.210. The lowest BCUT2D eigenvalue weighted by Crippen LogP contribution is -2.44. The lowest BCUT2D eigenvalue weighted by Gasteiger charge is -2.33. The summed E-state index contributed by atoms with van der Waals surface area (Å²) in [4.78, 5) is 21.3. The molecule has 1 N–H and O–H groups in total. The summed E-state index contributed by atoms with van der Waals surface area (Å²) >= 11 is 0. The highest BCUT2D eigenvalue weighted by molar-refractivity contribution is 6.03. The second kappa shape index (κ2) is 6.60. The van der Waals surface area contributed by atoms with Crippen molar-refractivity contribution in [2.75, 3.05) is 50.2 Å². The molecule has 25 heavy (non-hydrogen) atoms. The fraction of sp³-hybridized carbons (Fsp3) is 0.333. The van der Waals surface area contributed by atoms with Crippen LogP contribution in [0.15, 0.2) is 36.5 Å². The van der Waals surface area contributed by atoms with Crippen LogP contribution in [0.2, 0.25) is 0 Å². The maximum absolute atomic E-state index is 12.4. The molecule has 1 aromatic heterocycles. The number of carbonyl (C=O) groups excluding carboxylic acids is 1. The third-order valence-electron chi connectivity index (χ3n) is 4.48. The van der Waals surface area contributed by atoms with Crippen LogP contribution < -0.4 is 19.7 Å². The zero-order chi connectivity index (χ0) is 17.2. The summed E-state index contributed by atoms with van der Waals surface area (Å²) in [5.74, 6) is 1.08. The zero-order valence-electron chi connectivity index (χ0n) is 14.1. The molecule has 0 unspecified atom stereocenters. The maximum atomic E-state index is 12.4. The van der Waals surface area contributed by atoms with E-state index in [2.05, 4.69) is 27.1 Å². The van der Waals surface area contributed by atoms with Gasteiger partial charge in [-0.25, -0.2) is 4.98 Å². The van der Waals surface area contributed by atoms with E-state index in [1.165, 1.54) is 0 Å². The number of hydrogen-bond acceptors (Lipinski definition) is 6. The van der Waals surface area contributed by atoms with Crippen molar-refractivity contribution in [1.82, 2.24) is 9.88 Å². The van der Waals surface area contributed by atoms with Gasteiger partial charge in [-0.1, -0.05) is 0 Å². The van der Waals surface area contributed by atoms with Gasteiger partial charge in [-0.05, 0) is 31.3 Å². The third-order valence-corrected chi connectivity index (χ3v) is 4.48. The van der Waals surface area contributed by atoms with Gasteiger partial charge in [0.25, 0.3) is 5.91 Å². The highest BCUT2D eigenvalue weighted by Gasteiger charge is 2.17. The molecule has 7 nitrogen and oxygen atoms in total. The number of pyridine rings is 1. The topological polar surface area (TPSA) is 66.9 Å². The number of hydrogen-bond donors (Lipinski definition) is 1. The number of anilines is 2. The summed E-state index contributed by atoms with van der Waals surface area (Å²) < 4.78 is 10.6. The molecular weight excluding hydrogens is 320 g/mol. The molecule has 0 radical (unpaired) electrons. The maximum Gasteiger partial charge on any atom is 0.274 e. The Hall–Kier alpha value is -2.80. The largest absolute Gasteiger partial charge is 0.454 e. The van der Waals surface area contributed by atoms with Gasteiger partial charge in [0, 0.05) is 37.9 Å². The van der Waals surface area contributed by atoms with E-state index in [-0.39, 0.29) is 12.7 Å². The molecular formula is C18H20N4O3. The van der Waals surface area contributed by atoms with Crippen LogP contribution in [0.5, 0.6) is 11.5 Å². The van der Waals surface area contributed by atoms with E-state index in [0.29, 0.717) is 22.9 Å². The molecule has 3 heterocycles. The normalized spacial score (nSPS) is 16.8. The number of fused-ring (bicyclic) bond motifs is 1. The highest BCUT2D eigenvalue weighted by Crippen LogP contribution is 2.34. The van der Waals surface area contributed by atoms with E-state index in [4.69, 9.17) is 9.47 Å². The summed E-state index contributed by atoms with van der Waals surface area (Å²) in [5.41, 5.74) is 2.09. The second-order valence-electron chi connectivity index (χ2n) is 6.21. The van der Waals surface area contributed by atoms with Crippen LogP contribution in [0, 0.1) is 0 Å². The number of carbonyl (C=O) groups is 1. The standard InChI is InChI=1S/C18H20N4O3/c1-21-6-8-22(9-7-21)14-3-4-15(19-11-14)18(23)20-13-2-5-16-17(10-13)25-12-24-16/h2-5,10-11H,6-9,12H2,1H3,(H,20,23). The molecule has 0 saturated carbocycles. The van der Waals surface area contributed by atoms with E-state index in [1.54, 1.807) is 30.5 Å². The highest BCUT2D eigenvalue weighted by atomic mass is 16.7. The van der Waals surface area contributed by atoms with E-state index in [9.17, 15) is 4.79 Å². The predicted molar refractivity (Wildman–Crippen MR) is 94.5 cm³/mol. The molecule has 2 aromatic rings. The van der Waals surface area contributed by atoms with Crippen LogP contribution in [0.3, 0.4) is 0 Å². The first kappa shape index (κ1) is 15.7. The first-order valence-corrected chi connectivity index (χ1v) is 8.29. The molecule has 1 amide bonds. The quantitative estimate of drug-likeness (QED) is 0.919. The minimum atomic E-state index is -0.246. The van der Waals surface area contributed by atoms with E-state index in [0.717, 1.165) is 31.9 Å². The van der Waals surface area contributed by atoms with Crippen LogP contribution >= 0.6 is 0 Å². The van der Waals surface area contributed by atoms with Crippen LogP contribution in [0.4, 0.5) is 11.4 Å². The Morgan fingerprint density at radius 1 is 1.08 bits per heavy atom. The number of amides is 1. The van der Waals surface area contributed by atoms with Gasteiger partial charge in [-0.2, -0.15) is 0 Å². The van der Waals surface area contributed by atoms with E-state index < -0.39 is 0 Å². The number of nitrogens with one attached hydrogen (secondary N) is 1. The smallest absolute Gasteiger partial charge is 0.274 e. The molecule has 2 aliphatic rings. The molecule has 0 atom stereocenters. The van der Waals surface area contributed by atoms with Crippen LogP contribution in [-0.4, -0.2) is 55.8 Å². The Bertz CT molecular complexity index is 770. The third kappa shape index (κ3) is 3.36. The number of aromatic nitrogens is 1. The summed E-state index contributed by atoms with van der Waals surface area (Å²) in [7, 11) is 2.12. The Labute approximate surface area is 146 Å². The Morgan fingerprint density at radius 3 is 2.64 bits per heavy atom. The van der Waals surface area contributed by atoms with Crippen LogP contribution in [0.1, 0.15) is 10.5 Å². The van der Waals surface area contributed by atoms with Crippen molar-refractivity contribution in [2.45, 2.75) is 0 Å². The van der Waals surface area contributed by atoms with Gasteiger partial charge in [-0.3, -0.25) is 4.79 Å². The summed E-state index contributed by atoms with van der Waals surface area (Å²) in [6.07, 6.45) is 1.76. The number of benzene rings is 1. The number of rotatable bonds is 3. The lowest BCUT2D eigenvalue weighted by molar-refractivity contribution is 0.102. The molecule has 0 bridgehead atoms. The van der Waals surface area contributed by atoms with Crippen molar-refractivity contribution in [1.29, 1.82) is 0 Å². The van der Waals surface area contributed by atoms with Crippen LogP contribution in [-0.2, 0) is 0 Å². The Kier molecular flexibility index (Phi) is 4.15. The van der Waals surface area contributed by atoms with Crippen molar-refractivity contribution < 1.29 is 14.3 Å². The van der Waals surface area contributed by atoms with Gasteiger partial charge in [0.2, 0.25) is 6.79 Å². The molecule has 0 aliphatic carbocycles. The summed E-state index contributed by atoms with van der Waals surface area (Å²) in [6, 6.07) is 9.02. The van der Waals surface area contributed by atoms with Gasteiger partial charge < -0.3 is 24.6 Å². The van der Waals surface area contributed by atoms with Gasteiger partial charge in [0.1, 0.15) is 5.69 Å².